The molecule has 5 rings (SSSR count). The van der Waals surface area contributed by atoms with Gasteiger partial charge in [-0.25, -0.2) is 4.98 Å². The van der Waals surface area contributed by atoms with E-state index in [0.717, 1.165) is 24.2 Å². The highest BCUT2D eigenvalue weighted by atomic mass is 16.3. The van der Waals surface area contributed by atoms with Crippen LogP contribution in [0.25, 0.3) is 23.0 Å². The van der Waals surface area contributed by atoms with Crippen LogP contribution in [0.2, 0.25) is 0 Å². The molecule has 1 saturated heterocycles. The van der Waals surface area contributed by atoms with Gasteiger partial charge in [-0.05, 0) is 31.1 Å². The van der Waals surface area contributed by atoms with Gasteiger partial charge in [0.15, 0.2) is 5.65 Å². The summed E-state index contributed by atoms with van der Waals surface area (Å²) in [6.07, 6.45) is 4.99. The van der Waals surface area contributed by atoms with Crippen LogP contribution in [0.15, 0.2) is 42.1 Å². The third-order valence-corrected chi connectivity index (χ3v) is 4.90. The number of rotatable bonds is 4. The van der Waals surface area contributed by atoms with Crippen molar-refractivity contribution in [3.05, 3.63) is 47.7 Å². The second-order valence-corrected chi connectivity index (χ2v) is 7.19. The van der Waals surface area contributed by atoms with Gasteiger partial charge in [0.25, 0.3) is 0 Å². The standard InChI is InChI=1S/C20H19N5O3/c26-15-3-1-2-11(7-15)16-9-17(22-14-4-5-14)25-19(23-16)13(10-21-25)6-12-8-18(27)24-20(12)28/h1-3,6-7,9-10,14,18,22,26-27H,4-5,8H2,(H,24,28)/b12-6+. The number of hydrogen-bond acceptors (Lipinski definition) is 6. The Kier molecular flexibility index (Phi) is 3.80. The van der Waals surface area contributed by atoms with Crippen LogP contribution in [0.3, 0.4) is 0 Å². The van der Waals surface area contributed by atoms with E-state index in [1.807, 2.05) is 12.1 Å². The molecule has 2 aromatic heterocycles. The third-order valence-electron chi connectivity index (χ3n) is 4.90. The van der Waals surface area contributed by atoms with E-state index in [1.54, 1.807) is 35.0 Å². The Balaban J connectivity index is 1.65. The zero-order chi connectivity index (χ0) is 19.3. The maximum absolute atomic E-state index is 12.0. The summed E-state index contributed by atoms with van der Waals surface area (Å²) in [5.74, 6) is 0.696. The molecule has 0 bridgehead atoms. The minimum atomic E-state index is -0.858. The number of aliphatic hydroxyl groups excluding tert-OH is 1. The molecular formula is C20H19N5O3. The summed E-state index contributed by atoms with van der Waals surface area (Å²) in [4.78, 5) is 16.7. The lowest BCUT2D eigenvalue weighted by Gasteiger charge is -2.10. The minimum absolute atomic E-state index is 0.170. The molecule has 3 heterocycles. The van der Waals surface area contributed by atoms with E-state index in [2.05, 4.69) is 15.7 Å². The molecular weight excluding hydrogens is 358 g/mol. The number of aromatic nitrogens is 3. The van der Waals surface area contributed by atoms with Crippen molar-refractivity contribution < 1.29 is 15.0 Å². The molecule has 1 aromatic carbocycles. The minimum Gasteiger partial charge on any atom is -0.508 e. The van der Waals surface area contributed by atoms with Gasteiger partial charge in [0.1, 0.15) is 17.8 Å². The maximum Gasteiger partial charge on any atom is 0.249 e. The Hall–Kier alpha value is -3.39. The van der Waals surface area contributed by atoms with Gasteiger partial charge in [-0.15, -0.1) is 0 Å². The molecule has 2 fully saturated rings. The Morgan fingerprint density at radius 2 is 2.14 bits per heavy atom. The van der Waals surface area contributed by atoms with Crippen molar-refractivity contribution in [3.63, 3.8) is 0 Å². The Morgan fingerprint density at radius 3 is 2.86 bits per heavy atom. The molecule has 1 atom stereocenters. The van der Waals surface area contributed by atoms with Crippen LogP contribution in [0, 0.1) is 0 Å². The molecule has 2 aliphatic rings. The van der Waals surface area contributed by atoms with Gasteiger partial charge in [-0.1, -0.05) is 12.1 Å². The number of fused-ring (bicyclic) bond motifs is 1. The molecule has 8 nitrogen and oxygen atoms in total. The van der Waals surface area contributed by atoms with Gasteiger partial charge < -0.3 is 20.8 Å². The van der Waals surface area contributed by atoms with Gasteiger partial charge in [0, 0.05) is 35.2 Å². The largest absolute Gasteiger partial charge is 0.508 e. The summed E-state index contributed by atoms with van der Waals surface area (Å²) in [7, 11) is 0. The number of carbonyl (C=O) groups is 1. The summed E-state index contributed by atoms with van der Waals surface area (Å²) in [6.45, 7) is 0. The van der Waals surface area contributed by atoms with E-state index in [-0.39, 0.29) is 18.1 Å². The molecule has 1 unspecified atom stereocenters. The number of hydrogen-bond donors (Lipinski definition) is 4. The Bertz CT molecular complexity index is 1120. The summed E-state index contributed by atoms with van der Waals surface area (Å²) in [6, 6.07) is 9.27. The van der Waals surface area contributed by atoms with Crippen LogP contribution < -0.4 is 10.6 Å². The van der Waals surface area contributed by atoms with Crippen molar-refractivity contribution in [1.82, 2.24) is 19.9 Å². The van der Waals surface area contributed by atoms with Gasteiger partial charge in [0.2, 0.25) is 5.91 Å². The summed E-state index contributed by atoms with van der Waals surface area (Å²) in [5.41, 5.74) is 3.27. The molecule has 3 aromatic rings. The van der Waals surface area contributed by atoms with Gasteiger partial charge in [-0.3, -0.25) is 4.79 Å². The average molecular weight is 377 g/mol. The highest BCUT2D eigenvalue weighted by Gasteiger charge is 2.26. The van der Waals surface area contributed by atoms with E-state index in [9.17, 15) is 15.0 Å². The average Bonchev–Trinajstić information content (AvgIpc) is 3.30. The van der Waals surface area contributed by atoms with E-state index >= 15 is 0 Å². The second-order valence-electron chi connectivity index (χ2n) is 7.19. The summed E-state index contributed by atoms with van der Waals surface area (Å²) < 4.78 is 1.72. The molecule has 8 heteroatoms. The number of amides is 1. The summed E-state index contributed by atoms with van der Waals surface area (Å²) in [5, 5.41) is 29.9. The molecule has 0 radical (unpaired) electrons. The first-order valence-corrected chi connectivity index (χ1v) is 9.21. The van der Waals surface area contributed by atoms with Crippen molar-refractivity contribution in [2.45, 2.75) is 31.5 Å². The Morgan fingerprint density at radius 1 is 1.29 bits per heavy atom. The highest BCUT2D eigenvalue weighted by molar-refractivity contribution is 6.00. The number of benzene rings is 1. The first-order chi connectivity index (χ1) is 13.6. The first-order valence-electron chi connectivity index (χ1n) is 9.21. The number of nitrogens with one attached hydrogen (secondary N) is 2. The fraction of sp³-hybridized carbons (Fsp3) is 0.250. The lowest BCUT2D eigenvalue weighted by molar-refractivity contribution is -0.117. The predicted molar refractivity (Wildman–Crippen MR) is 103 cm³/mol. The normalized spacial score (nSPS) is 20.7. The number of phenols is 1. The molecule has 28 heavy (non-hydrogen) atoms. The number of nitrogens with zero attached hydrogens (tertiary/aromatic N) is 3. The molecule has 1 aliphatic carbocycles. The van der Waals surface area contributed by atoms with E-state index in [1.165, 1.54) is 0 Å². The van der Waals surface area contributed by atoms with E-state index in [4.69, 9.17) is 4.98 Å². The second kappa shape index (κ2) is 6.35. The van der Waals surface area contributed by atoms with Crippen LogP contribution in [0.5, 0.6) is 5.75 Å². The molecule has 1 amide bonds. The predicted octanol–water partition coefficient (Wildman–Crippen LogP) is 1.90. The fourth-order valence-corrected chi connectivity index (χ4v) is 3.34. The first kappa shape index (κ1) is 16.8. The van der Waals surface area contributed by atoms with Crippen LogP contribution in [-0.4, -0.2) is 43.0 Å². The van der Waals surface area contributed by atoms with Crippen molar-refractivity contribution >= 4 is 23.4 Å². The zero-order valence-corrected chi connectivity index (χ0v) is 15.0. The van der Waals surface area contributed by atoms with E-state index in [0.29, 0.717) is 28.5 Å². The highest BCUT2D eigenvalue weighted by Crippen LogP contribution is 2.30. The molecule has 142 valence electrons. The lowest BCUT2D eigenvalue weighted by Crippen LogP contribution is -2.24. The smallest absolute Gasteiger partial charge is 0.249 e. The monoisotopic (exact) mass is 377 g/mol. The van der Waals surface area contributed by atoms with Crippen molar-refractivity contribution in [1.29, 1.82) is 0 Å². The van der Waals surface area contributed by atoms with Gasteiger partial charge in [0.05, 0.1) is 11.9 Å². The van der Waals surface area contributed by atoms with Gasteiger partial charge in [-0.2, -0.15) is 9.61 Å². The number of aliphatic hydroxyl groups is 1. The fourth-order valence-electron chi connectivity index (χ4n) is 3.34. The maximum atomic E-state index is 12.0. The lowest BCUT2D eigenvalue weighted by atomic mass is 10.1. The number of anilines is 1. The summed E-state index contributed by atoms with van der Waals surface area (Å²) >= 11 is 0. The van der Waals surface area contributed by atoms with Crippen molar-refractivity contribution in [2.75, 3.05) is 5.32 Å². The molecule has 4 N–H and O–H groups in total. The third kappa shape index (κ3) is 3.07. The quantitative estimate of drug-likeness (QED) is 0.517. The van der Waals surface area contributed by atoms with Crippen molar-refractivity contribution in [2.24, 2.45) is 0 Å². The topological polar surface area (TPSA) is 112 Å². The van der Waals surface area contributed by atoms with Crippen LogP contribution >= 0.6 is 0 Å². The molecule has 1 saturated carbocycles. The van der Waals surface area contributed by atoms with Crippen LogP contribution in [0.1, 0.15) is 24.8 Å². The van der Waals surface area contributed by atoms with Crippen LogP contribution in [-0.2, 0) is 4.79 Å². The zero-order valence-electron chi connectivity index (χ0n) is 15.0. The van der Waals surface area contributed by atoms with E-state index < -0.39 is 6.23 Å². The molecule has 1 aliphatic heterocycles. The number of carbonyl (C=O) groups excluding carboxylic acids is 1. The number of phenolic OH excluding ortho intramolecular Hbond substituents is 1. The SMILES string of the molecule is O=C1NC(O)C/C1=C\c1cnn2c(NC3CC3)cc(-c3cccc(O)c3)nc12. The van der Waals surface area contributed by atoms with Crippen molar-refractivity contribution in [3.8, 4) is 17.0 Å². The molecule has 0 spiro atoms. The van der Waals surface area contributed by atoms with Gasteiger partial charge >= 0.3 is 0 Å². The number of aromatic hydroxyl groups is 1. The van der Waals surface area contributed by atoms with Crippen LogP contribution in [0.4, 0.5) is 5.82 Å². The Labute approximate surface area is 160 Å².